The van der Waals surface area contributed by atoms with Crippen LogP contribution in [0.15, 0.2) is 0 Å². The Morgan fingerprint density at radius 1 is 1.05 bits per heavy atom. The molecule has 0 unspecified atom stereocenters. The summed E-state index contributed by atoms with van der Waals surface area (Å²) in [4.78, 5) is 3.94. The molecule has 3 heterocycles. The number of nitrogens with zero attached hydrogens (tertiary/aromatic N) is 2. The number of hydrogen-bond acceptors (Lipinski definition) is 7. The van der Waals surface area contributed by atoms with Crippen molar-refractivity contribution < 1.29 is 16.8 Å². The van der Waals surface area contributed by atoms with Gasteiger partial charge in [0.1, 0.15) is 10.5 Å². The van der Waals surface area contributed by atoms with Gasteiger partial charge in [-0.25, -0.2) is 26.7 Å². The maximum atomic E-state index is 12.1. The van der Waals surface area contributed by atoms with Crippen molar-refractivity contribution in [1.29, 1.82) is 0 Å². The van der Waals surface area contributed by atoms with Crippen molar-refractivity contribution in [2.45, 2.75) is 16.5 Å². The molecule has 3 fully saturated rings. The fourth-order valence-electron chi connectivity index (χ4n) is 2.56. The van der Waals surface area contributed by atoms with Gasteiger partial charge in [-0.05, 0) is 0 Å². The lowest BCUT2D eigenvalue weighted by atomic mass is 10.1. The predicted molar refractivity (Wildman–Crippen MR) is 81.9 cm³/mol. The van der Waals surface area contributed by atoms with Crippen molar-refractivity contribution in [2.75, 3.05) is 44.4 Å². The van der Waals surface area contributed by atoms with Crippen LogP contribution < -0.4 is 9.86 Å². The highest BCUT2D eigenvalue weighted by Crippen LogP contribution is 2.28. The van der Waals surface area contributed by atoms with Gasteiger partial charge in [-0.1, -0.05) is 0 Å². The number of hydrogen-bond donors (Lipinski definition) is 2. The van der Waals surface area contributed by atoms with Crippen molar-refractivity contribution in [3.8, 4) is 0 Å². The average molecular weight is 356 g/mol. The van der Waals surface area contributed by atoms with Crippen LogP contribution in [-0.4, -0.2) is 87.5 Å². The molecule has 0 atom stereocenters. The van der Waals surface area contributed by atoms with Crippen LogP contribution in [0.4, 0.5) is 0 Å². The molecule has 3 rings (SSSR count). The van der Waals surface area contributed by atoms with E-state index in [0.717, 1.165) is 11.5 Å². The topological polar surface area (TPSA) is 113 Å². The number of nitrogens with two attached hydrogens (primary N) is 1. The Morgan fingerprint density at radius 3 is 2.14 bits per heavy atom. The van der Waals surface area contributed by atoms with E-state index in [1.54, 1.807) is 4.90 Å². The molecule has 3 saturated heterocycles. The van der Waals surface area contributed by atoms with E-state index in [1.165, 1.54) is 0 Å². The summed E-state index contributed by atoms with van der Waals surface area (Å²) >= 11 is 1.89. The Bertz CT molecular complexity index is 592. The first-order chi connectivity index (χ1) is 9.75. The van der Waals surface area contributed by atoms with Gasteiger partial charge in [-0.2, -0.15) is 11.8 Å². The summed E-state index contributed by atoms with van der Waals surface area (Å²) in [7, 11) is -6.82. The third-order valence-electron chi connectivity index (χ3n) is 4.33. The Morgan fingerprint density at radius 2 is 1.67 bits per heavy atom. The minimum atomic E-state index is -3.50. The number of likely N-dealkylation sites (tertiary alicyclic amines) is 2. The Balaban J connectivity index is 1.39. The van der Waals surface area contributed by atoms with E-state index >= 15 is 0 Å². The third-order valence-corrected chi connectivity index (χ3v) is 8.51. The number of nitrogens with one attached hydrogen (secondary N) is 1. The number of sulfonamides is 2. The smallest absolute Gasteiger partial charge is 0.218 e. The molecule has 0 saturated carbocycles. The van der Waals surface area contributed by atoms with Gasteiger partial charge in [0.05, 0.1) is 6.67 Å². The molecule has 21 heavy (non-hydrogen) atoms. The van der Waals surface area contributed by atoms with Crippen molar-refractivity contribution >= 4 is 31.8 Å². The molecular formula is C10H20N4O4S3. The van der Waals surface area contributed by atoms with Gasteiger partial charge in [0.25, 0.3) is 0 Å². The van der Waals surface area contributed by atoms with Gasteiger partial charge in [-0.3, -0.25) is 9.80 Å². The quantitative estimate of drug-likeness (QED) is 0.547. The minimum absolute atomic E-state index is 0.157. The van der Waals surface area contributed by atoms with Crippen molar-refractivity contribution in [1.82, 2.24) is 14.5 Å². The molecule has 11 heteroatoms. The highest BCUT2D eigenvalue weighted by molar-refractivity contribution is 8.00. The molecule has 0 aromatic rings. The van der Waals surface area contributed by atoms with Crippen LogP contribution in [0.2, 0.25) is 0 Å². The second-order valence-electron chi connectivity index (χ2n) is 5.86. The average Bonchev–Trinajstić information content (AvgIpc) is 2.14. The lowest BCUT2D eigenvalue weighted by molar-refractivity contribution is 0.139. The Kier molecular flexibility index (Phi) is 4.27. The largest absolute Gasteiger partial charge is 0.296 e. The maximum absolute atomic E-state index is 12.1. The molecule has 3 N–H and O–H groups in total. The molecule has 0 aromatic carbocycles. The second-order valence-corrected chi connectivity index (χ2v) is 10.8. The lowest BCUT2D eigenvalue weighted by Gasteiger charge is -2.47. The molecular weight excluding hydrogens is 336 g/mol. The molecule has 3 aliphatic heterocycles. The van der Waals surface area contributed by atoms with Crippen LogP contribution >= 0.6 is 11.8 Å². The fraction of sp³-hybridized carbons (Fsp3) is 1.00. The standard InChI is InChI=1S/C10H20N4O4S3/c11-20(15,16)9-1-13(2-9)7-12-21(17,18)10-3-14(4-10)8-5-19-6-8/h8-10,12H,1-7H2,(H2,11,15,16). The van der Waals surface area contributed by atoms with Gasteiger partial charge in [-0.15, -0.1) is 0 Å². The maximum Gasteiger partial charge on any atom is 0.218 e. The van der Waals surface area contributed by atoms with E-state index in [1.807, 2.05) is 11.8 Å². The zero-order valence-electron chi connectivity index (χ0n) is 11.5. The first kappa shape index (κ1) is 16.0. The first-order valence-corrected chi connectivity index (χ1v) is 11.1. The first-order valence-electron chi connectivity index (χ1n) is 6.80. The monoisotopic (exact) mass is 356 g/mol. The van der Waals surface area contributed by atoms with Crippen molar-refractivity contribution in [3.05, 3.63) is 0 Å². The summed E-state index contributed by atoms with van der Waals surface area (Å²) in [5, 5.41) is 4.11. The molecule has 0 spiro atoms. The number of rotatable bonds is 6. The summed E-state index contributed by atoms with van der Waals surface area (Å²) in [6.45, 7) is 1.93. The van der Waals surface area contributed by atoms with Crippen LogP contribution in [0.3, 0.4) is 0 Å². The van der Waals surface area contributed by atoms with Crippen LogP contribution in [-0.2, 0) is 20.0 Å². The van der Waals surface area contributed by atoms with Crippen LogP contribution in [0, 0.1) is 0 Å². The van der Waals surface area contributed by atoms with Gasteiger partial charge < -0.3 is 0 Å². The molecule has 8 nitrogen and oxygen atoms in total. The summed E-state index contributed by atoms with van der Waals surface area (Å²) < 4.78 is 48.9. The van der Waals surface area contributed by atoms with Gasteiger partial charge in [0.2, 0.25) is 20.0 Å². The molecule has 0 amide bonds. The summed E-state index contributed by atoms with van der Waals surface area (Å²) in [6, 6.07) is 0.548. The van der Waals surface area contributed by atoms with E-state index in [9.17, 15) is 16.8 Å². The van der Waals surface area contributed by atoms with E-state index in [2.05, 4.69) is 9.62 Å². The van der Waals surface area contributed by atoms with Crippen LogP contribution in [0.5, 0.6) is 0 Å². The number of thioether (sulfide) groups is 1. The van der Waals surface area contributed by atoms with Crippen molar-refractivity contribution in [2.24, 2.45) is 5.14 Å². The van der Waals surface area contributed by atoms with E-state index in [-0.39, 0.29) is 25.0 Å². The Hall–Kier alpha value is 0.0900. The molecule has 0 bridgehead atoms. The summed E-state index contributed by atoms with van der Waals surface area (Å²) in [5.74, 6) is 2.20. The summed E-state index contributed by atoms with van der Waals surface area (Å²) in [5.41, 5.74) is 0. The summed E-state index contributed by atoms with van der Waals surface area (Å²) in [6.07, 6.45) is 0. The van der Waals surface area contributed by atoms with Gasteiger partial charge in [0, 0.05) is 43.7 Å². The number of primary sulfonamides is 1. The normalized spacial score (nSPS) is 27.1. The van der Waals surface area contributed by atoms with Gasteiger partial charge in [0.15, 0.2) is 0 Å². The highest BCUT2D eigenvalue weighted by atomic mass is 32.2. The third kappa shape index (κ3) is 3.38. The molecule has 0 radical (unpaired) electrons. The fourth-order valence-corrected chi connectivity index (χ4v) is 5.64. The predicted octanol–water partition coefficient (Wildman–Crippen LogP) is -2.36. The SMILES string of the molecule is NS(=O)(=O)C1CN(CNS(=O)(=O)C2CN(C3CSC3)C2)C1. The molecule has 0 aromatic heterocycles. The van der Waals surface area contributed by atoms with E-state index < -0.39 is 25.3 Å². The van der Waals surface area contributed by atoms with Gasteiger partial charge >= 0.3 is 0 Å². The second kappa shape index (κ2) is 5.62. The molecule has 3 aliphatic rings. The zero-order chi connectivity index (χ0) is 15.3. The van der Waals surface area contributed by atoms with Crippen LogP contribution in [0.1, 0.15) is 0 Å². The van der Waals surface area contributed by atoms with E-state index in [0.29, 0.717) is 19.1 Å². The molecule has 0 aliphatic carbocycles. The minimum Gasteiger partial charge on any atom is -0.296 e. The zero-order valence-corrected chi connectivity index (χ0v) is 14.0. The van der Waals surface area contributed by atoms with E-state index in [4.69, 9.17) is 5.14 Å². The van der Waals surface area contributed by atoms with Crippen LogP contribution in [0.25, 0.3) is 0 Å². The Labute approximate surface area is 129 Å². The lowest BCUT2D eigenvalue weighted by Crippen LogP contribution is -2.64. The molecule has 122 valence electrons. The highest BCUT2D eigenvalue weighted by Gasteiger charge is 2.42. The van der Waals surface area contributed by atoms with Crippen molar-refractivity contribution in [3.63, 3.8) is 0 Å².